The maximum atomic E-state index is 13.3. The van der Waals surface area contributed by atoms with Gasteiger partial charge in [-0.1, -0.05) is 35.8 Å². The molecular formula is C21H26BrN3OS. The molecule has 0 aliphatic rings. The van der Waals surface area contributed by atoms with Crippen LogP contribution in [-0.4, -0.2) is 31.1 Å². The zero-order chi connectivity index (χ0) is 19.6. The van der Waals surface area contributed by atoms with Crippen LogP contribution in [0.15, 0.2) is 39.6 Å². The summed E-state index contributed by atoms with van der Waals surface area (Å²) in [6.45, 7) is 10.1. The van der Waals surface area contributed by atoms with Crippen molar-refractivity contribution in [3.8, 4) is 0 Å². The number of hydrogen-bond donors (Lipinski definition) is 2. The van der Waals surface area contributed by atoms with Crippen LogP contribution in [0.2, 0.25) is 0 Å². The molecule has 1 atom stereocenters. The molecular weight excluding hydrogens is 422 g/mol. The lowest BCUT2D eigenvalue weighted by molar-refractivity contribution is 0.316. The largest absolute Gasteiger partial charge is 0.383 e. The van der Waals surface area contributed by atoms with Crippen molar-refractivity contribution in [3.63, 3.8) is 0 Å². The molecule has 0 radical (unpaired) electrons. The van der Waals surface area contributed by atoms with E-state index < -0.39 is 0 Å². The second-order valence-corrected chi connectivity index (χ2v) is 8.69. The molecule has 144 valence electrons. The van der Waals surface area contributed by atoms with Crippen LogP contribution >= 0.6 is 27.3 Å². The molecule has 0 fully saturated rings. The lowest BCUT2D eigenvalue weighted by atomic mass is 10.0. The molecule has 1 unspecified atom stereocenters. The van der Waals surface area contributed by atoms with Crippen LogP contribution in [0.3, 0.4) is 0 Å². The highest BCUT2D eigenvalue weighted by Crippen LogP contribution is 2.34. The Hall–Kier alpha value is -1.47. The Bertz CT molecular complexity index is 1010. The average molecular weight is 448 g/mol. The SMILES string of the molecule is CCN(CC)CCNc1ccc(C(C)N)c2sc3ccc(Br)cc3c(=O)c12. The van der Waals surface area contributed by atoms with Crippen LogP contribution in [-0.2, 0) is 0 Å². The van der Waals surface area contributed by atoms with E-state index in [2.05, 4.69) is 40.0 Å². The minimum Gasteiger partial charge on any atom is -0.383 e. The summed E-state index contributed by atoms with van der Waals surface area (Å²) in [5.41, 5.74) is 8.17. The molecule has 1 heterocycles. The van der Waals surface area contributed by atoms with Gasteiger partial charge in [-0.05, 0) is 49.8 Å². The molecule has 0 bridgehead atoms. The molecule has 0 aliphatic carbocycles. The van der Waals surface area contributed by atoms with Crippen molar-refractivity contribution in [1.29, 1.82) is 0 Å². The Morgan fingerprint density at radius 2 is 1.96 bits per heavy atom. The van der Waals surface area contributed by atoms with Crippen LogP contribution in [0.4, 0.5) is 5.69 Å². The van der Waals surface area contributed by atoms with Gasteiger partial charge in [0.05, 0.1) is 5.39 Å². The number of nitrogens with one attached hydrogen (secondary N) is 1. The molecule has 3 rings (SSSR count). The van der Waals surface area contributed by atoms with Gasteiger partial charge in [0.25, 0.3) is 0 Å². The summed E-state index contributed by atoms with van der Waals surface area (Å²) < 4.78 is 2.88. The van der Waals surface area contributed by atoms with Gasteiger partial charge in [0.1, 0.15) is 0 Å². The molecule has 27 heavy (non-hydrogen) atoms. The number of nitrogens with zero attached hydrogens (tertiary/aromatic N) is 1. The quantitative estimate of drug-likeness (QED) is 0.502. The Balaban J connectivity index is 2.14. The van der Waals surface area contributed by atoms with Gasteiger partial charge in [-0.3, -0.25) is 4.79 Å². The molecule has 4 nitrogen and oxygen atoms in total. The zero-order valence-corrected chi connectivity index (χ0v) is 18.4. The monoisotopic (exact) mass is 447 g/mol. The normalized spacial score (nSPS) is 12.8. The summed E-state index contributed by atoms with van der Waals surface area (Å²) in [7, 11) is 0. The van der Waals surface area contributed by atoms with E-state index in [1.807, 2.05) is 37.3 Å². The van der Waals surface area contributed by atoms with E-state index in [0.29, 0.717) is 0 Å². The third-order valence-electron chi connectivity index (χ3n) is 4.94. The summed E-state index contributed by atoms with van der Waals surface area (Å²) in [5, 5.41) is 4.98. The number of benzene rings is 2. The zero-order valence-electron chi connectivity index (χ0n) is 16.0. The van der Waals surface area contributed by atoms with E-state index in [1.165, 1.54) is 0 Å². The highest BCUT2D eigenvalue weighted by atomic mass is 79.9. The van der Waals surface area contributed by atoms with Crippen LogP contribution in [0, 0.1) is 0 Å². The highest BCUT2D eigenvalue weighted by molar-refractivity contribution is 9.10. The fraction of sp³-hybridized carbons (Fsp3) is 0.381. The average Bonchev–Trinajstić information content (AvgIpc) is 2.65. The molecule has 3 aromatic rings. The first-order valence-corrected chi connectivity index (χ1v) is 11.0. The third-order valence-corrected chi connectivity index (χ3v) is 6.66. The number of nitrogens with two attached hydrogens (primary N) is 1. The second-order valence-electron chi connectivity index (χ2n) is 6.72. The Morgan fingerprint density at radius 3 is 2.63 bits per heavy atom. The number of hydrogen-bond acceptors (Lipinski definition) is 5. The highest BCUT2D eigenvalue weighted by Gasteiger charge is 2.16. The first kappa shape index (κ1) is 20.3. The van der Waals surface area contributed by atoms with Gasteiger partial charge in [0.15, 0.2) is 5.43 Å². The summed E-state index contributed by atoms with van der Waals surface area (Å²) in [6, 6.07) is 9.80. The number of fused-ring (bicyclic) bond motifs is 2. The van der Waals surface area contributed by atoms with Gasteiger partial charge in [0, 0.05) is 44.1 Å². The van der Waals surface area contributed by atoms with E-state index in [-0.39, 0.29) is 11.5 Å². The predicted octanol–water partition coefficient (Wildman–Crippen LogP) is 4.95. The number of anilines is 1. The molecule has 0 saturated heterocycles. The van der Waals surface area contributed by atoms with Crippen LogP contribution < -0.4 is 16.5 Å². The fourth-order valence-electron chi connectivity index (χ4n) is 3.34. The minimum atomic E-state index is -0.124. The topological polar surface area (TPSA) is 58.4 Å². The molecule has 6 heteroatoms. The van der Waals surface area contributed by atoms with E-state index in [9.17, 15) is 4.79 Å². The third kappa shape index (κ3) is 4.19. The van der Waals surface area contributed by atoms with Gasteiger partial charge in [-0.15, -0.1) is 11.3 Å². The van der Waals surface area contributed by atoms with Crippen LogP contribution in [0.1, 0.15) is 32.4 Å². The van der Waals surface area contributed by atoms with Crippen molar-refractivity contribution in [1.82, 2.24) is 4.90 Å². The van der Waals surface area contributed by atoms with Gasteiger partial charge < -0.3 is 16.0 Å². The smallest absolute Gasteiger partial charge is 0.198 e. The molecule has 0 saturated carbocycles. The molecule has 3 N–H and O–H groups in total. The summed E-state index contributed by atoms with van der Waals surface area (Å²) in [5.74, 6) is 0. The van der Waals surface area contributed by atoms with E-state index in [1.54, 1.807) is 11.3 Å². The first-order valence-electron chi connectivity index (χ1n) is 9.37. The van der Waals surface area contributed by atoms with Gasteiger partial charge >= 0.3 is 0 Å². The second kappa shape index (κ2) is 8.69. The van der Waals surface area contributed by atoms with Crippen molar-refractivity contribution in [2.24, 2.45) is 5.73 Å². The lowest BCUT2D eigenvalue weighted by Gasteiger charge is -2.19. The van der Waals surface area contributed by atoms with Crippen molar-refractivity contribution in [3.05, 3.63) is 50.6 Å². The van der Waals surface area contributed by atoms with Crippen molar-refractivity contribution in [2.75, 3.05) is 31.5 Å². The number of likely N-dealkylation sites (N-methyl/N-ethyl adjacent to an activating group) is 1. The van der Waals surface area contributed by atoms with Crippen LogP contribution in [0.25, 0.3) is 20.2 Å². The van der Waals surface area contributed by atoms with Crippen molar-refractivity contribution >= 4 is 53.1 Å². The van der Waals surface area contributed by atoms with Gasteiger partial charge in [-0.25, -0.2) is 0 Å². The van der Waals surface area contributed by atoms with Gasteiger partial charge in [0.2, 0.25) is 0 Å². The van der Waals surface area contributed by atoms with E-state index in [0.717, 1.165) is 62.1 Å². The minimum absolute atomic E-state index is 0.0629. The van der Waals surface area contributed by atoms with Crippen molar-refractivity contribution < 1.29 is 0 Å². The van der Waals surface area contributed by atoms with E-state index >= 15 is 0 Å². The Labute approximate surface area is 172 Å². The molecule has 0 aliphatic heterocycles. The van der Waals surface area contributed by atoms with Crippen molar-refractivity contribution in [2.45, 2.75) is 26.8 Å². The molecule has 0 amide bonds. The standard InChI is InChI=1S/C21H26BrN3OS/c1-4-25(5-2)11-10-24-17-8-7-15(13(3)23)21-19(17)20(26)16-12-14(22)6-9-18(16)27-21/h6-9,12-13,24H,4-5,10-11,23H2,1-3H3. The maximum Gasteiger partial charge on any atom is 0.198 e. The van der Waals surface area contributed by atoms with Crippen LogP contribution in [0.5, 0.6) is 0 Å². The Morgan fingerprint density at radius 1 is 1.22 bits per heavy atom. The molecule has 1 aromatic heterocycles. The predicted molar refractivity (Wildman–Crippen MR) is 122 cm³/mol. The summed E-state index contributed by atoms with van der Waals surface area (Å²) in [6.07, 6.45) is 0. The molecule has 2 aromatic carbocycles. The first-order chi connectivity index (χ1) is 13.0. The van der Waals surface area contributed by atoms with Gasteiger partial charge in [-0.2, -0.15) is 0 Å². The summed E-state index contributed by atoms with van der Waals surface area (Å²) in [4.78, 5) is 15.7. The fourth-order valence-corrected chi connectivity index (χ4v) is 5.00. The number of halogens is 1. The Kier molecular flexibility index (Phi) is 6.52. The lowest BCUT2D eigenvalue weighted by Crippen LogP contribution is -2.28. The summed E-state index contributed by atoms with van der Waals surface area (Å²) >= 11 is 5.13. The van der Waals surface area contributed by atoms with E-state index in [4.69, 9.17) is 5.73 Å². The number of rotatable bonds is 7. The maximum absolute atomic E-state index is 13.3. The molecule has 0 spiro atoms.